The molecule has 8 nitrogen and oxygen atoms in total. The topological polar surface area (TPSA) is 115 Å². The van der Waals surface area contributed by atoms with E-state index in [1.807, 2.05) is 0 Å². The molecule has 0 bridgehead atoms. The number of carbonyl (C=O) groups excluding carboxylic acids is 1. The summed E-state index contributed by atoms with van der Waals surface area (Å²) in [6, 6.07) is 2.47. The lowest BCUT2D eigenvalue weighted by Gasteiger charge is -2.18. The van der Waals surface area contributed by atoms with Gasteiger partial charge in [-0.3, -0.25) is 0 Å². The minimum Gasteiger partial charge on any atom is -0.501 e. The summed E-state index contributed by atoms with van der Waals surface area (Å²) in [5, 5.41) is 22.2. The third kappa shape index (κ3) is 5.78. The molecule has 8 heteroatoms. The maximum Gasteiger partial charge on any atom is 0.408 e. The lowest BCUT2D eigenvalue weighted by molar-refractivity contribution is -0.390. The normalized spacial score (nSPS) is 10.2. The molecule has 1 rings (SSSR count). The second-order valence-electron chi connectivity index (χ2n) is 4.95. The molecule has 0 radical (unpaired) electrons. The monoisotopic (exact) mass is 293 g/mol. The molecular weight excluding hydrogens is 278 g/mol. The third-order valence-corrected chi connectivity index (χ3v) is 1.96. The number of pyridine rings is 1. The van der Waals surface area contributed by atoms with Crippen LogP contribution in [0.4, 0.5) is 10.6 Å². The zero-order chi connectivity index (χ0) is 16.0. The van der Waals surface area contributed by atoms with E-state index < -0.39 is 28.2 Å². The Labute approximate surface area is 121 Å². The van der Waals surface area contributed by atoms with Gasteiger partial charge < -0.3 is 25.3 Å². The first-order valence-corrected chi connectivity index (χ1v) is 5.99. The van der Waals surface area contributed by atoms with Crippen molar-refractivity contribution in [2.75, 3.05) is 6.54 Å². The Morgan fingerprint density at radius 1 is 1.52 bits per heavy atom. The van der Waals surface area contributed by atoms with E-state index in [9.17, 15) is 20.0 Å². The summed E-state index contributed by atoms with van der Waals surface area (Å²) in [5.74, 6) is 3.92. The molecule has 0 spiro atoms. The molecular formula is C13H15N3O5. The summed E-state index contributed by atoms with van der Waals surface area (Å²) in [7, 11) is 0. The predicted octanol–water partition coefficient (Wildman–Crippen LogP) is 1.57. The SMILES string of the molecule is CC(C)(C)OC(=O)NCC#Cc1ccc(O)c([N+](=O)[O-])n1. The van der Waals surface area contributed by atoms with Crippen LogP contribution >= 0.6 is 0 Å². The molecule has 0 aliphatic carbocycles. The Hall–Kier alpha value is -2.82. The quantitative estimate of drug-likeness (QED) is 0.486. The van der Waals surface area contributed by atoms with E-state index in [1.165, 1.54) is 6.07 Å². The number of hydrogen-bond acceptors (Lipinski definition) is 6. The molecule has 1 aromatic heterocycles. The summed E-state index contributed by atoms with van der Waals surface area (Å²) in [6.07, 6.45) is -0.610. The van der Waals surface area contributed by atoms with E-state index >= 15 is 0 Å². The molecule has 21 heavy (non-hydrogen) atoms. The molecule has 112 valence electrons. The average molecular weight is 293 g/mol. The highest BCUT2D eigenvalue weighted by Crippen LogP contribution is 2.21. The molecule has 0 unspecified atom stereocenters. The maximum absolute atomic E-state index is 11.3. The van der Waals surface area contributed by atoms with E-state index in [-0.39, 0.29) is 12.2 Å². The maximum atomic E-state index is 11.3. The van der Waals surface area contributed by atoms with Crippen LogP contribution in [-0.2, 0) is 4.74 Å². The second-order valence-corrected chi connectivity index (χ2v) is 4.95. The summed E-state index contributed by atoms with van der Waals surface area (Å²) < 4.78 is 5.00. The Morgan fingerprint density at radius 2 is 2.19 bits per heavy atom. The number of carbonyl (C=O) groups is 1. The van der Waals surface area contributed by atoms with Crippen molar-refractivity contribution < 1.29 is 19.6 Å². The van der Waals surface area contributed by atoms with E-state index in [1.54, 1.807) is 20.8 Å². The number of rotatable bonds is 2. The van der Waals surface area contributed by atoms with Crippen LogP contribution in [0.1, 0.15) is 26.5 Å². The van der Waals surface area contributed by atoms with Gasteiger partial charge in [0.2, 0.25) is 11.4 Å². The van der Waals surface area contributed by atoms with Crippen LogP contribution in [0.2, 0.25) is 0 Å². The van der Waals surface area contributed by atoms with Crippen molar-refractivity contribution >= 4 is 11.9 Å². The van der Waals surface area contributed by atoms with E-state index in [0.29, 0.717) is 0 Å². The molecule has 1 amide bonds. The van der Waals surface area contributed by atoms with Crippen molar-refractivity contribution in [2.45, 2.75) is 26.4 Å². The first-order chi connectivity index (χ1) is 9.69. The molecule has 0 aromatic carbocycles. The summed E-state index contributed by atoms with van der Waals surface area (Å²) in [5.41, 5.74) is -0.484. The van der Waals surface area contributed by atoms with Crippen LogP contribution in [0.3, 0.4) is 0 Å². The van der Waals surface area contributed by atoms with E-state index in [4.69, 9.17) is 4.74 Å². The highest BCUT2D eigenvalue weighted by atomic mass is 16.6. The lowest BCUT2D eigenvalue weighted by atomic mass is 10.2. The number of ether oxygens (including phenoxy) is 1. The molecule has 1 aromatic rings. The number of aromatic hydroxyl groups is 1. The average Bonchev–Trinajstić information content (AvgIpc) is 2.34. The van der Waals surface area contributed by atoms with Crippen LogP contribution in [0.25, 0.3) is 0 Å². The zero-order valence-corrected chi connectivity index (χ0v) is 11.8. The fraction of sp³-hybridized carbons (Fsp3) is 0.385. The highest BCUT2D eigenvalue weighted by molar-refractivity contribution is 5.68. The van der Waals surface area contributed by atoms with Crippen molar-refractivity contribution in [2.24, 2.45) is 0 Å². The van der Waals surface area contributed by atoms with Gasteiger partial charge in [0.05, 0.1) is 6.54 Å². The van der Waals surface area contributed by atoms with Crippen LogP contribution in [0, 0.1) is 22.0 Å². The van der Waals surface area contributed by atoms with Gasteiger partial charge in [0.25, 0.3) is 0 Å². The van der Waals surface area contributed by atoms with Gasteiger partial charge in [0.1, 0.15) is 5.60 Å². The summed E-state index contributed by atoms with van der Waals surface area (Å²) in [6.45, 7) is 5.21. The van der Waals surface area contributed by atoms with Gasteiger partial charge in [-0.05, 0) is 42.7 Å². The van der Waals surface area contributed by atoms with Crippen molar-refractivity contribution in [3.8, 4) is 17.6 Å². The van der Waals surface area contributed by atoms with Crippen LogP contribution in [0.15, 0.2) is 12.1 Å². The van der Waals surface area contributed by atoms with Crippen LogP contribution < -0.4 is 5.32 Å². The van der Waals surface area contributed by atoms with Crippen molar-refractivity contribution in [3.05, 3.63) is 27.9 Å². The molecule has 0 saturated heterocycles. The minimum absolute atomic E-state index is 0.00523. The highest BCUT2D eigenvalue weighted by Gasteiger charge is 2.16. The molecule has 0 aliphatic heterocycles. The number of hydrogen-bond donors (Lipinski definition) is 2. The van der Waals surface area contributed by atoms with Gasteiger partial charge in [-0.1, -0.05) is 5.92 Å². The number of nitrogens with zero attached hydrogens (tertiary/aromatic N) is 2. The Balaban J connectivity index is 2.62. The first-order valence-electron chi connectivity index (χ1n) is 5.99. The van der Waals surface area contributed by atoms with Gasteiger partial charge in [-0.2, -0.15) is 0 Å². The summed E-state index contributed by atoms with van der Waals surface area (Å²) >= 11 is 0. The molecule has 0 aliphatic rings. The fourth-order valence-electron chi connectivity index (χ4n) is 1.21. The van der Waals surface area contributed by atoms with Crippen molar-refractivity contribution in [3.63, 3.8) is 0 Å². The van der Waals surface area contributed by atoms with Crippen molar-refractivity contribution in [1.29, 1.82) is 0 Å². The summed E-state index contributed by atoms with van der Waals surface area (Å²) in [4.78, 5) is 24.7. The second kappa shape index (κ2) is 6.56. The van der Waals surface area contributed by atoms with E-state index in [0.717, 1.165) is 6.07 Å². The van der Waals surface area contributed by atoms with Gasteiger partial charge >= 0.3 is 11.9 Å². The fourth-order valence-corrected chi connectivity index (χ4v) is 1.21. The van der Waals surface area contributed by atoms with Crippen LogP contribution in [-0.4, -0.2) is 33.3 Å². The minimum atomic E-state index is -0.806. The molecule has 0 fully saturated rings. The number of nitrogens with one attached hydrogen (secondary N) is 1. The Bertz CT molecular complexity index is 610. The van der Waals surface area contributed by atoms with Gasteiger partial charge in [-0.15, -0.1) is 0 Å². The number of aromatic nitrogens is 1. The van der Waals surface area contributed by atoms with Crippen LogP contribution in [0.5, 0.6) is 5.75 Å². The standard InChI is InChI=1S/C13H15N3O5/c1-13(2,3)21-12(18)14-8-4-5-9-6-7-10(17)11(15-9)16(19)20/h6-7,17H,8H2,1-3H3,(H,14,18). The largest absolute Gasteiger partial charge is 0.501 e. The Morgan fingerprint density at radius 3 is 2.76 bits per heavy atom. The number of alkyl carbamates (subject to hydrolysis) is 1. The molecule has 0 saturated carbocycles. The number of amides is 1. The van der Waals surface area contributed by atoms with Gasteiger partial charge in [0.15, 0.2) is 0 Å². The molecule has 0 atom stereocenters. The number of nitro groups is 1. The lowest BCUT2D eigenvalue weighted by Crippen LogP contribution is -2.32. The first kappa shape index (κ1) is 16.2. The molecule has 2 N–H and O–H groups in total. The smallest absolute Gasteiger partial charge is 0.408 e. The predicted molar refractivity (Wildman–Crippen MR) is 73.7 cm³/mol. The van der Waals surface area contributed by atoms with Gasteiger partial charge in [0, 0.05) is 6.07 Å². The third-order valence-electron chi connectivity index (χ3n) is 1.96. The Kier molecular flexibility index (Phi) is 5.07. The van der Waals surface area contributed by atoms with E-state index in [2.05, 4.69) is 22.1 Å². The molecule has 1 heterocycles. The van der Waals surface area contributed by atoms with Crippen molar-refractivity contribution in [1.82, 2.24) is 10.3 Å². The zero-order valence-electron chi connectivity index (χ0n) is 11.8. The van der Waals surface area contributed by atoms with Gasteiger partial charge in [-0.25, -0.2) is 4.79 Å².